The monoisotopic (exact) mass is 389 g/mol. The number of fused-ring (bicyclic) bond motifs is 5. The van der Waals surface area contributed by atoms with Crippen LogP contribution in [0.3, 0.4) is 0 Å². The van der Waals surface area contributed by atoms with Gasteiger partial charge in [-0.25, -0.2) is 4.79 Å². The number of rotatable bonds is 4. The smallest absolute Gasteiger partial charge is 0.343 e. The molecule has 2 amide bonds. The van der Waals surface area contributed by atoms with Crippen molar-refractivity contribution in [1.29, 1.82) is 0 Å². The second-order valence-corrected chi connectivity index (χ2v) is 7.60. The van der Waals surface area contributed by atoms with Gasteiger partial charge in [-0.1, -0.05) is 24.3 Å². The molecule has 0 spiro atoms. The van der Waals surface area contributed by atoms with E-state index in [4.69, 9.17) is 9.47 Å². The Hall–Kier alpha value is -3.41. The maximum absolute atomic E-state index is 12.9. The first-order valence-corrected chi connectivity index (χ1v) is 9.60. The third kappa shape index (κ3) is 2.67. The van der Waals surface area contributed by atoms with Crippen molar-refractivity contribution >= 4 is 23.5 Å². The highest BCUT2D eigenvalue weighted by atomic mass is 16.6. The van der Waals surface area contributed by atoms with Crippen molar-refractivity contribution in [1.82, 2.24) is 0 Å². The summed E-state index contributed by atoms with van der Waals surface area (Å²) in [5, 5.41) is 0. The average molecular weight is 389 g/mol. The van der Waals surface area contributed by atoms with Crippen molar-refractivity contribution in [2.75, 3.05) is 12.0 Å². The molecule has 5 rings (SSSR count). The Balaban J connectivity index is 1.35. The number of hydrogen-bond donors (Lipinski definition) is 0. The van der Waals surface area contributed by atoms with Gasteiger partial charge in [-0.2, -0.15) is 0 Å². The van der Waals surface area contributed by atoms with Crippen LogP contribution in [0.1, 0.15) is 16.8 Å². The third-order valence-corrected chi connectivity index (χ3v) is 6.10. The van der Waals surface area contributed by atoms with Crippen molar-refractivity contribution in [2.45, 2.75) is 6.42 Å². The quantitative estimate of drug-likeness (QED) is 0.347. The molecule has 3 aliphatic rings. The van der Waals surface area contributed by atoms with Gasteiger partial charge in [0.25, 0.3) is 0 Å². The summed E-state index contributed by atoms with van der Waals surface area (Å²) < 4.78 is 10.6. The zero-order chi connectivity index (χ0) is 20.1. The molecule has 2 fully saturated rings. The molecule has 1 heterocycles. The number of imide groups is 1. The van der Waals surface area contributed by atoms with Gasteiger partial charge in [0.2, 0.25) is 11.8 Å². The van der Waals surface area contributed by atoms with Crippen molar-refractivity contribution in [3.63, 3.8) is 0 Å². The molecule has 1 aliphatic heterocycles. The van der Waals surface area contributed by atoms with Crippen LogP contribution in [0.2, 0.25) is 0 Å². The average Bonchev–Trinajstić information content (AvgIpc) is 3.42. The van der Waals surface area contributed by atoms with Crippen LogP contribution in [0, 0.1) is 23.7 Å². The minimum absolute atomic E-state index is 0.138. The topological polar surface area (TPSA) is 72.9 Å². The summed E-state index contributed by atoms with van der Waals surface area (Å²) in [6, 6.07) is 13.2. The molecule has 0 aromatic heterocycles. The number of hydrogen-bond acceptors (Lipinski definition) is 5. The number of carbonyl (C=O) groups excluding carboxylic acids is 3. The first kappa shape index (κ1) is 17.7. The van der Waals surface area contributed by atoms with E-state index in [0.29, 0.717) is 22.7 Å². The van der Waals surface area contributed by atoms with E-state index in [-0.39, 0.29) is 35.5 Å². The second kappa shape index (κ2) is 6.58. The van der Waals surface area contributed by atoms with Gasteiger partial charge in [-0.15, -0.1) is 0 Å². The molecular formula is C23H19NO5. The van der Waals surface area contributed by atoms with Crippen LogP contribution >= 0.6 is 0 Å². The third-order valence-electron chi connectivity index (χ3n) is 6.10. The molecule has 2 aromatic rings. The summed E-state index contributed by atoms with van der Waals surface area (Å²) in [5.74, 6) is -0.185. The summed E-state index contributed by atoms with van der Waals surface area (Å²) in [5.41, 5.74) is 0.809. The molecule has 0 unspecified atom stereocenters. The van der Waals surface area contributed by atoms with Gasteiger partial charge in [0.15, 0.2) is 11.5 Å². The maximum atomic E-state index is 12.9. The van der Waals surface area contributed by atoms with Gasteiger partial charge < -0.3 is 9.47 Å². The number of allylic oxidation sites excluding steroid dienone is 2. The molecule has 0 N–H and O–H groups in total. The summed E-state index contributed by atoms with van der Waals surface area (Å²) in [6.45, 7) is 0. The van der Waals surface area contributed by atoms with E-state index >= 15 is 0 Å². The molecule has 29 heavy (non-hydrogen) atoms. The molecule has 6 nitrogen and oxygen atoms in total. The fraction of sp³-hybridized carbons (Fsp3) is 0.261. The second-order valence-electron chi connectivity index (χ2n) is 7.60. The van der Waals surface area contributed by atoms with E-state index in [0.717, 1.165) is 6.42 Å². The largest absolute Gasteiger partial charge is 0.493 e. The van der Waals surface area contributed by atoms with E-state index in [1.54, 1.807) is 48.5 Å². The molecule has 0 radical (unpaired) electrons. The fourth-order valence-corrected chi connectivity index (χ4v) is 4.77. The lowest BCUT2D eigenvalue weighted by atomic mass is 9.85. The lowest BCUT2D eigenvalue weighted by molar-refractivity contribution is -0.123. The number of amides is 2. The van der Waals surface area contributed by atoms with Crippen LogP contribution in [0.15, 0.2) is 60.7 Å². The van der Waals surface area contributed by atoms with Gasteiger partial charge in [0.1, 0.15) is 0 Å². The minimum Gasteiger partial charge on any atom is -0.493 e. The van der Waals surface area contributed by atoms with Crippen molar-refractivity contribution in [3.8, 4) is 11.5 Å². The number of para-hydroxylation sites is 2. The highest BCUT2D eigenvalue weighted by Crippen LogP contribution is 2.53. The first-order valence-electron chi connectivity index (χ1n) is 9.60. The Kier molecular flexibility index (Phi) is 4.01. The number of esters is 1. The molecular weight excluding hydrogens is 370 g/mol. The Morgan fingerprint density at radius 1 is 0.897 bits per heavy atom. The summed E-state index contributed by atoms with van der Waals surface area (Å²) >= 11 is 0. The number of nitrogens with zero attached hydrogens (tertiary/aromatic N) is 1. The number of methoxy groups -OCH3 is 1. The predicted octanol–water partition coefficient (Wildman–Crippen LogP) is 3.23. The lowest BCUT2D eigenvalue weighted by Crippen LogP contribution is -2.32. The van der Waals surface area contributed by atoms with E-state index < -0.39 is 5.97 Å². The summed E-state index contributed by atoms with van der Waals surface area (Å²) in [4.78, 5) is 39.5. The fourth-order valence-electron chi connectivity index (χ4n) is 4.77. The summed E-state index contributed by atoms with van der Waals surface area (Å²) in [7, 11) is 1.50. The zero-order valence-corrected chi connectivity index (χ0v) is 15.8. The minimum atomic E-state index is -0.542. The Morgan fingerprint density at radius 3 is 2.07 bits per heavy atom. The van der Waals surface area contributed by atoms with Crippen molar-refractivity contribution < 1.29 is 23.9 Å². The number of benzene rings is 2. The molecule has 2 aliphatic carbocycles. The van der Waals surface area contributed by atoms with Gasteiger partial charge in [-0.3, -0.25) is 14.5 Å². The van der Waals surface area contributed by atoms with E-state index in [1.165, 1.54) is 12.0 Å². The standard InChI is InChI=1S/C23H19NO5/c1-28-17-4-2-3-5-18(17)29-23(27)13-8-10-16(11-9-13)24-21(25)19-14-6-7-15(12-14)20(19)22(24)26/h2-11,14-15,19-20H,12H2,1H3/t14-,15-,19-,20-/m0/s1. The molecule has 4 atom stereocenters. The van der Waals surface area contributed by atoms with E-state index in [1.807, 2.05) is 0 Å². The van der Waals surface area contributed by atoms with Crippen LogP contribution in [-0.2, 0) is 9.59 Å². The predicted molar refractivity (Wildman–Crippen MR) is 105 cm³/mol. The van der Waals surface area contributed by atoms with Gasteiger partial charge >= 0.3 is 5.97 Å². The van der Waals surface area contributed by atoms with Crippen LogP contribution in [0.25, 0.3) is 0 Å². The molecule has 6 heteroatoms. The van der Waals surface area contributed by atoms with Gasteiger partial charge in [-0.05, 0) is 54.7 Å². The lowest BCUT2D eigenvalue weighted by Gasteiger charge is -2.17. The van der Waals surface area contributed by atoms with Gasteiger partial charge in [0, 0.05) is 0 Å². The normalized spacial score (nSPS) is 26.7. The van der Waals surface area contributed by atoms with Crippen LogP contribution < -0.4 is 14.4 Å². The Labute approximate surface area is 167 Å². The molecule has 2 aromatic carbocycles. The van der Waals surface area contributed by atoms with Crippen LogP contribution in [0.4, 0.5) is 5.69 Å². The van der Waals surface area contributed by atoms with E-state index in [9.17, 15) is 14.4 Å². The van der Waals surface area contributed by atoms with E-state index in [2.05, 4.69) is 12.2 Å². The Morgan fingerprint density at radius 2 is 1.48 bits per heavy atom. The maximum Gasteiger partial charge on any atom is 0.343 e. The number of carbonyl (C=O) groups is 3. The highest BCUT2D eigenvalue weighted by Gasteiger charge is 2.59. The molecule has 1 saturated heterocycles. The summed E-state index contributed by atoms with van der Waals surface area (Å²) in [6.07, 6.45) is 5.03. The SMILES string of the molecule is COc1ccccc1OC(=O)c1ccc(N2C(=O)[C@@H]3[C@@H](C2=O)[C@H]2C=C[C@H]3C2)cc1. The molecule has 2 bridgehead atoms. The zero-order valence-electron chi connectivity index (χ0n) is 15.8. The van der Waals surface area contributed by atoms with Crippen molar-refractivity contribution in [2.24, 2.45) is 23.7 Å². The molecule has 1 saturated carbocycles. The van der Waals surface area contributed by atoms with Crippen molar-refractivity contribution in [3.05, 3.63) is 66.2 Å². The number of anilines is 1. The highest BCUT2D eigenvalue weighted by molar-refractivity contribution is 6.22. The Bertz CT molecular complexity index is 1010. The number of ether oxygens (including phenoxy) is 2. The van der Waals surface area contributed by atoms with Crippen LogP contribution in [-0.4, -0.2) is 24.9 Å². The van der Waals surface area contributed by atoms with Gasteiger partial charge in [0.05, 0.1) is 30.2 Å². The first-order chi connectivity index (χ1) is 14.1. The van der Waals surface area contributed by atoms with Crippen LogP contribution in [0.5, 0.6) is 11.5 Å². The molecule has 146 valence electrons.